The molecule has 0 aromatic carbocycles. The molecule has 4 heteroatoms. The summed E-state index contributed by atoms with van der Waals surface area (Å²) in [6, 6.07) is 5.85. The Morgan fingerprint density at radius 1 is 1.12 bits per heavy atom. The van der Waals surface area contributed by atoms with Crippen LogP contribution in [-0.4, -0.2) is 19.5 Å². The first-order valence-electron chi connectivity index (χ1n) is 5.06. The van der Waals surface area contributed by atoms with Crippen molar-refractivity contribution in [3.8, 4) is 5.95 Å². The summed E-state index contributed by atoms with van der Waals surface area (Å²) in [6.45, 7) is 1.97. The minimum absolute atomic E-state index is 0.683. The Balaban J connectivity index is 2.29. The number of rotatable bonds is 1. The highest BCUT2D eigenvalue weighted by Crippen LogP contribution is 2.17. The van der Waals surface area contributed by atoms with E-state index >= 15 is 0 Å². The maximum atomic E-state index is 4.26. The van der Waals surface area contributed by atoms with Gasteiger partial charge in [0.25, 0.3) is 0 Å². The van der Waals surface area contributed by atoms with Crippen LogP contribution in [0.5, 0.6) is 0 Å². The molecule has 0 aliphatic heterocycles. The molecular formula is C12H10N4. The molecule has 3 aromatic heterocycles. The van der Waals surface area contributed by atoms with Gasteiger partial charge in [0.05, 0.1) is 5.52 Å². The zero-order valence-electron chi connectivity index (χ0n) is 8.83. The molecular weight excluding hydrogens is 200 g/mol. The first-order valence-corrected chi connectivity index (χ1v) is 5.06. The summed E-state index contributed by atoms with van der Waals surface area (Å²) in [5.41, 5.74) is 2.07. The number of aryl methyl sites for hydroxylation is 1. The van der Waals surface area contributed by atoms with Crippen molar-refractivity contribution in [2.45, 2.75) is 6.92 Å². The Hall–Kier alpha value is -2.23. The van der Waals surface area contributed by atoms with Crippen molar-refractivity contribution in [3.63, 3.8) is 0 Å². The van der Waals surface area contributed by atoms with E-state index in [4.69, 9.17) is 0 Å². The summed E-state index contributed by atoms with van der Waals surface area (Å²) in [4.78, 5) is 12.7. The Morgan fingerprint density at radius 3 is 2.75 bits per heavy atom. The van der Waals surface area contributed by atoms with E-state index in [1.807, 2.05) is 42.1 Å². The van der Waals surface area contributed by atoms with Gasteiger partial charge in [-0.2, -0.15) is 0 Å². The molecule has 3 rings (SSSR count). The fourth-order valence-electron chi connectivity index (χ4n) is 1.72. The van der Waals surface area contributed by atoms with Crippen LogP contribution in [0.3, 0.4) is 0 Å². The molecule has 0 N–H and O–H groups in total. The molecule has 16 heavy (non-hydrogen) atoms. The van der Waals surface area contributed by atoms with Crippen molar-refractivity contribution in [1.82, 2.24) is 19.5 Å². The monoisotopic (exact) mass is 210 g/mol. The fraction of sp³-hybridized carbons (Fsp3) is 0.0833. The number of fused-ring (bicyclic) bond motifs is 1. The molecule has 0 spiro atoms. The molecule has 0 aliphatic carbocycles. The average Bonchev–Trinajstić information content (AvgIpc) is 2.73. The van der Waals surface area contributed by atoms with Gasteiger partial charge in [-0.1, -0.05) is 0 Å². The van der Waals surface area contributed by atoms with Gasteiger partial charge in [0.1, 0.15) is 0 Å². The number of hydrogen-bond donors (Lipinski definition) is 0. The van der Waals surface area contributed by atoms with Crippen LogP contribution >= 0.6 is 0 Å². The minimum Gasteiger partial charge on any atom is -0.285 e. The van der Waals surface area contributed by atoms with Crippen LogP contribution in [-0.2, 0) is 0 Å². The first kappa shape index (κ1) is 9.03. The highest BCUT2D eigenvalue weighted by Gasteiger charge is 2.04. The molecule has 0 aliphatic rings. The zero-order valence-corrected chi connectivity index (χ0v) is 8.83. The van der Waals surface area contributed by atoms with E-state index in [1.54, 1.807) is 12.4 Å². The summed E-state index contributed by atoms with van der Waals surface area (Å²) in [7, 11) is 0. The van der Waals surface area contributed by atoms with E-state index in [9.17, 15) is 0 Å². The van der Waals surface area contributed by atoms with Crippen molar-refractivity contribution in [3.05, 3.63) is 48.7 Å². The van der Waals surface area contributed by atoms with Gasteiger partial charge in [-0.05, 0) is 25.1 Å². The second-order valence-electron chi connectivity index (χ2n) is 3.62. The lowest BCUT2D eigenvalue weighted by Crippen LogP contribution is -1.98. The van der Waals surface area contributed by atoms with Gasteiger partial charge in [0, 0.05) is 35.9 Å². The van der Waals surface area contributed by atoms with Gasteiger partial charge in [-0.3, -0.25) is 9.55 Å². The Bertz CT molecular complexity index is 628. The molecule has 0 saturated carbocycles. The summed E-state index contributed by atoms with van der Waals surface area (Å²) in [6.07, 6.45) is 7.30. The molecule has 0 unspecified atom stereocenters. The van der Waals surface area contributed by atoms with Gasteiger partial charge >= 0.3 is 0 Å². The molecule has 3 aromatic rings. The first-order chi connectivity index (χ1) is 7.84. The van der Waals surface area contributed by atoms with Crippen LogP contribution in [0.2, 0.25) is 0 Å². The topological polar surface area (TPSA) is 43.6 Å². The molecule has 0 radical (unpaired) electrons. The summed E-state index contributed by atoms with van der Waals surface area (Å²) >= 11 is 0. The number of aromatic nitrogens is 4. The number of hydrogen-bond acceptors (Lipinski definition) is 3. The molecule has 78 valence electrons. The molecule has 0 atom stereocenters. The van der Waals surface area contributed by atoms with E-state index in [-0.39, 0.29) is 0 Å². The Kier molecular flexibility index (Phi) is 1.93. The number of pyridine rings is 1. The minimum atomic E-state index is 0.683. The standard InChI is InChI=1S/C12H10N4/c1-9-7-11-10(8-15-9)3-6-16(11)12-13-4-2-5-14-12/h2-8H,1H3. The smallest absolute Gasteiger partial charge is 0.234 e. The zero-order chi connectivity index (χ0) is 11.0. The van der Waals surface area contributed by atoms with Gasteiger partial charge in [-0.15, -0.1) is 0 Å². The van der Waals surface area contributed by atoms with Crippen LogP contribution in [0.4, 0.5) is 0 Å². The quantitative estimate of drug-likeness (QED) is 0.618. The van der Waals surface area contributed by atoms with Crippen molar-refractivity contribution in [2.75, 3.05) is 0 Å². The van der Waals surface area contributed by atoms with Crippen molar-refractivity contribution in [2.24, 2.45) is 0 Å². The van der Waals surface area contributed by atoms with Crippen LogP contribution in [0.15, 0.2) is 43.0 Å². The van der Waals surface area contributed by atoms with Gasteiger partial charge in [-0.25, -0.2) is 9.97 Å². The van der Waals surface area contributed by atoms with E-state index in [0.29, 0.717) is 5.95 Å². The molecule has 0 fully saturated rings. The third-order valence-electron chi connectivity index (χ3n) is 2.48. The van der Waals surface area contributed by atoms with Crippen LogP contribution in [0.25, 0.3) is 16.9 Å². The van der Waals surface area contributed by atoms with E-state index in [1.165, 1.54) is 0 Å². The summed E-state index contributed by atoms with van der Waals surface area (Å²) in [5.74, 6) is 0.683. The fourth-order valence-corrected chi connectivity index (χ4v) is 1.72. The van der Waals surface area contributed by atoms with E-state index in [0.717, 1.165) is 16.6 Å². The predicted molar refractivity (Wildman–Crippen MR) is 61.4 cm³/mol. The van der Waals surface area contributed by atoms with Crippen molar-refractivity contribution in [1.29, 1.82) is 0 Å². The molecule has 0 bridgehead atoms. The highest BCUT2D eigenvalue weighted by molar-refractivity contribution is 5.80. The third kappa shape index (κ3) is 1.35. The average molecular weight is 210 g/mol. The van der Waals surface area contributed by atoms with E-state index in [2.05, 4.69) is 15.0 Å². The molecule has 0 saturated heterocycles. The molecule has 0 amide bonds. The van der Waals surface area contributed by atoms with Crippen molar-refractivity contribution >= 4 is 10.9 Å². The second-order valence-corrected chi connectivity index (χ2v) is 3.62. The highest BCUT2D eigenvalue weighted by atomic mass is 15.1. The van der Waals surface area contributed by atoms with Gasteiger partial charge in [0.15, 0.2) is 0 Å². The second kappa shape index (κ2) is 3.41. The Morgan fingerprint density at radius 2 is 1.94 bits per heavy atom. The van der Waals surface area contributed by atoms with Crippen LogP contribution < -0.4 is 0 Å². The summed E-state index contributed by atoms with van der Waals surface area (Å²) < 4.78 is 1.96. The largest absolute Gasteiger partial charge is 0.285 e. The maximum absolute atomic E-state index is 4.26. The lowest BCUT2D eigenvalue weighted by atomic mass is 10.3. The lowest BCUT2D eigenvalue weighted by molar-refractivity contribution is 0.960. The summed E-state index contributed by atoms with van der Waals surface area (Å²) in [5, 5.41) is 1.10. The lowest BCUT2D eigenvalue weighted by Gasteiger charge is -2.02. The Labute approximate surface area is 92.6 Å². The van der Waals surface area contributed by atoms with Crippen molar-refractivity contribution < 1.29 is 0 Å². The number of nitrogens with zero attached hydrogens (tertiary/aromatic N) is 4. The molecule has 3 heterocycles. The van der Waals surface area contributed by atoms with E-state index < -0.39 is 0 Å². The third-order valence-corrected chi connectivity index (χ3v) is 2.48. The maximum Gasteiger partial charge on any atom is 0.234 e. The molecule has 4 nitrogen and oxygen atoms in total. The van der Waals surface area contributed by atoms with Gasteiger partial charge in [0.2, 0.25) is 5.95 Å². The van der Waals surface area contributed by atoms with Gasteiger partial charge < -0.3 is 0 Å². The normalized spacial score (nSPS) is 10.8. The van der Waals surface area contributed by atoms with Crippen LogP contribution in [0, 0.1) is 6.92 Å². The predicted octanol–water partition coefficient (Wildman–Crippen LogP) is 2.12. The SMILES string of the molecule is Cc1cc2c(ccn2-c2ncccn2)cn1. The van der Waals surface area contributed by atoms with Crippen LogP contribution in [0.1, 0.15) is 5.69 Å².